The van der Waals surface area contributed by atoms with Crippen LogP contribution in [0, 0.1) is 6.92 Å². The first-order valence-corrected chi connectivity index (χ1v) is 6.46. The summed E-state index contributed by atoms with van der Waals surface area (Å²) in [6, 6.07) is 7.76. The van der Waals surface area contributed by atoms with Crippen molar-refractivity contribution in [2.75, 3.05) is 7.05 Å². The molecule has 0 radical (unpaired) electrons. The monoisotopic (exact) mass is 313 g/mol. The number of hydrogen-bond donors (Lipinski definition) is 1. The van der Waals surface area contributed by atoms with E-state index >= 15 is 0 Å². The lowest BCUT2D eigenvalue weighted by atomic mass is 9.99. The lowest BCUT2D eigenvalue weighted by Crippen LogP contribution is -2.18. The van der Waals surface area contributed by atoms with Crippen molar-refractivity contribution in [3.8, 4) is 0 Å². The molecule has 0 saturated heterocycles. The van der Waals surface area contributed by atoms with Gasteiger partial charge in [-0.05, 0) is 59.2 Å². The standard InChI is InChI=1S/C13H13BrClNO/c1-8-3-4-9(15)7-10(8)12(16-2)13-11(14)5-6-17-13/h3-7,12,16H,1-2H3. The van der Waals surface area contributed by atoms with E-state index in [2.05, 4.69) is 28.2 Å². The Morgan fingerprint density at radius 3 is 2.71 bits per heavy atom. The molecule has 1 N–H and O–H groups in total. The molecule has 0 aliphatic rings. The van der Waals surface area contributed by atoms with Gasteiger partial charge in [-0.25, -0.2) is 0 Å². The summed E-state index contributed by atoms with van der Waals surface area (Å²) in [4.78, 5) is 0. The average molecular weight is 315 g/mol. The highest BCUT2D eigenvalue weighted by Gasteiger charge is 2.20. The number of hydrogen-bond acceptors (Lipinski definition) is 2. The van der Waals surface area contributed by atoms with Gasteiger partial charge in [-0.1, -0.05) is 17.7 Å². The van der Waals surface area contributed by atoms with Crippen LogP contribution >= 0.6 is 27.5 Å². The number of benzene rings is 1. The number of rotatable bonds is 3. The summed E-state index contributed by atoms with van der Waals surface area (Å²) in [6.07, 6.45) is 1.67. The molecule has 2 rings (SSSR count). The second kappa shape index (κ2) is 5.25. The zero-order chi connectivity index (χ0) is 12.4. The molecular weight excluding hydrogens is 302 g/mol. The Kier molecular flexibility index (Phi) is 3.92. The summed E-state index contributed by atoms with van der Waals surface area (Å²) in [7, 11) is 1.90. The van der Waals surface area contributed by atoms with Gasteiger partial charge in [0.25, 0.3) is 0 Å². The van der Waals surface area contributed by atoms with E-state index < -0.39 is 0 Å². The Hall–Kier alpha value is -0.770. The van der Waals surface area contributed by atoms with Crippen molar-refractivity contribution < 1.29 is 4.42 Å². The van der Waals surface area contributed by atoms with Crippen molar-refractivity contribution in [2.45, 2.75) is 13.0 Å². The van der Waals surface area contributed by atoms with Gasteiger partial charge in [0.2, 0.25) is 0 Å². The summed E-state index contributed by atoms with van der Waals surface area (Å²) in [5.41, 5.74) is 2.30. The fourth-order valence-electron chi connectivity index (χ4n) is 1.86. The minimum Gasteiger partial charge on any atom is -0.466 e. The van der Waals surface area contributed by atoms with Crippen LogP contribution in [-0.2, 0) is 0 Å². The van der Waals surface area contributed by atoms with Gasteiger partial charge < -0.3 is 9.73 Å². The Bertz CT molecular complexity index is 524. The second-order valence-corrected chi connectivity index (χ2v) is 5.15. The smallest absolute Gasteiger partial charge is 0.139 e. The molecule has 1 heterocycles. The molecule has 90 valence electrons. The van der Waals surface area contributed by atoms with Crippen LogP contribution in [0.2, 0.25) is 5.02 Å². The highest BCUT2D eigenvalue weighted by atomic mass is 79.9. The van der Waals surface area contributed by atoms with E-state index in [1.165, 1.54) is 5.56 Å². The van der Waals surface area contributed by atoms with E-state index in [1.807, 2.05) is 31.3 Å². The third kappa shape index (κ3) is 2.57. The maximum atomic E-state index is 6.05. The minimum absolute atomic E-state index is 0.00178. The molecular formula is C13H13BrClNO. The maximum Gasteiger partial charge on any atom is 0.139 e. The predicted octanol–water partition coefficient (Wildman–Crippen LogP) is 4.31. The third-order valence-electron chi connectivity index (χ3n) is 2.75. The zero-order valence-electron chi connectivity index (χ0n) is 9.63. The van der Waals surface area contributed by atoms with Crippen molar-refractivity contribution in [1.82, 2.24) is 5.32 Å². The second-order valence-electron chi connectivity index (χ2n) is 3.86. The molecule has 0 amide bonds. The Labute approximate surface area is 114 Å². The fourth-order valence-corrected chi connectivity index (χ4v) is 2.47. The van der Waals surface area contributed by atoms with E-state index in [-0.39, 0.29) is 6.04 Å². The third-order valence-corrected chi connectivity index (χ3v) is 3.64. The highest BCUT2D eigenvalue weighted by Crippen LogP contribution is 2.32. The van der Waals surface area contributed by atoms with Gasteiger partial charge in [-0.2, -0.15) is 0 Å². The Morgan fingerprint density at radius 2 is 2.12 bits per heavy atom. The summed E-state index contributed by atoms with van der Waals surface area (Å²) >= 11 is 9.53. The minimum atomic E-state index is -0.00178. The molecule has 1 aromatic carbocycles. The van der Waals surface area contributed by atoms with Crippen molar-refractivity contribution >= 4 is 27.5 Å². The number of nitrogens with one attached hydrogen (secondary N) is 1. The molecule has 2 nitrogen and oxygen atoms in total. The first-order valence-electron chi connectivity index (χ1n) is 5.29. The molecule has 0 aliphatic heterocycles. The van der Waals surface area contributed by atoms with E-state index in [0.717, 1.165) is 20.8 Å². The Balaban J connectivity index is 2.49. The van der Waals surface area contributed by atoms with Gasteiger partial charge in [0.05, 0.1) is 16.8 Å². The highest BCUT2D eigenvalue weighted by molar-refractivity contribution is 9.10. The lowest BCUT2D eigenvalue weighted by Gasteiger charge is -2.17. The number of aryl methyl sites for hydroxylation is 1. The van der Waals surface area contributed by atoms with Gasteiger partial charge in [-0.15, -0.1) is 0 Å². The topological polar surface area (TPSA) is 25.2 Å². The van der Waals surface area contributed by atoms with Crippen molar-refractivity contribution in [3.05, 3.63) is 56.9 Å². The first kappa shape index (κ1) is 12.7. The van der Waals surface area contributed by atoms with Crippen LogP contribution in [0.3, 0.4) is 0 Å². The van der Waals surface area contributed by atoms with Crippen molar-refractivity contribution in [2.24, 2.45) is 0 Å². The molecule has 1 atom stereocenters. The average Bonchev–Trinajstić information content (AvgIpc) is 2.71. The van der Waals surface area contributed by atoms with Crippen LogP contribution in [-0.4, -0.2) is 7.05 Å². The molecule has 1 unspecified atom stereocenters. The van der Waals surface area contributed by atoms with Crippen LogP contribution in [0.15, 0.2) is 39.4 Å². The summed E-state index contributed by atoms with van der Waals surface area (Å²) in [5.74, 6) is 0.859. The van der Waals surface area contributed by atoms with E-state index in [9.17, 15) is 0 Å². The molecule has 1 aromatic heterocycles. The lowest BCUT2D eigenvalue weighted by molar-refractivity contribution is 0.460. The van der Waals surface area contributed by atoms with Crippen LogP contribution in [0.5, 0.6) is 0 Å². The molecule has 0 spiro atoms. The van der Waals surface area contributed by atoms with Crippen LogP contribution < -0.4 is 5.32 Å². The molecule has 0 saturated carbocycles. The van der Waals surface area contributed by atoms with Gasteiger partial charge >= 0.3 is 0 Å². The molecule has 2 aromatic rings. The summed E-state index contributed by atoms with van der Waals surface area (Å²) in [5, 5.41) is 3.98. The van der Waals surface area contributed by atoms with Crippen molar-refractivity contribution in [1.29, 1.82) is 0 Å². The van der Waals surface area contributed by atoms with E-state index in [1.54, 1.807) is 6.26 Å². The zero-order valence-corrected chi connectivity index (χ0v) is 12.0. The normalized spacial score (nSPS) is 12.7. The Morgan fingerprint density at radius 1 is 1.35 bits per heavy atom. The van der Waals surface area contributed by atoms with Gasteiger partial charge in [0.1, 0.15) is 5.76 Å². The molecule has 17 heavy (non-hydrogen) atoms. The van der Waals surface area contributed by atoms with Gasteiger partial charge in [-0.3, -0.25) is 0 Å². The molecule has 4 heteroatoms. The number of halogens is 2. The van der Waals surface area contributed by atoms with Crippen LogP contribution in [0.1, 0.15) is 22.9 Å². The molecule has 0 fully saturated rings. The predicted molar refractivity (Wildman–Crippen MR) is 73.5 cm³/mol. The fraction of sp³-hybridized carbons (Fsp3) is 0.231. The molecule has 0 bridgehead atoms. The largest absolute Gasteiger partial charge is 0.466 e. The number of furan rings is 1. The quantitative estimate of drug-likeness (QED) is 0.913. The van der Waals surface area contributed by atoms with E-state index in [0.29, 0.717) is 0 Å². The maximum absolute atomic E-state index is 6.05. The van der Waals surface area contributed by atoms with Gasteiger partial charge in [0, 0.05) is 5.02 Å². The van der Waals surface area contributed by atoms with Crippen molar-refractivity contribution in [3.63, 3.8) is 0 Å². The first-order chi connectivity index (χ1) is 8.13. The summed E-state index contributed by atoms with van der Waals surface area (Å²) in [6.45, 7) is 2.06. The SMILES string of the molecule is CNC(c1cc(Cl)ccc1C)c1occc1Br. The van der Waals surface area contributed by atoms with Gasteiger partial charge in [0.15, 0.2) is 0 Å². The van der Waals surface area contributed by atoms with Crippen LogP contribution in [0.25, 0.3) is 0 Å². The van der Waals surface area contributed by atoms with E-state index in [4.69, 9.17) is 16.0 Å². The van der Waals surface area contributed by atoms with Crippen LogP contribution in [0.4, 0.5) is 0 Å². The summed E-state index contributed by atoms with van der Waals surface area (Å²) < 4.78 is 6.47. The molecule has 0 aliphatic carbocycles.